The van der Waals surface area contributed by atoms with Gasteiger partial charge in [-0.05, 0) is 42.5 Å². The molecule has 1 heterocycles. The third kappa shape index (κ3) is 3.72. The monoisotopic (exact) mass is 388 g/mol. The summed E-state index contributed by atoms with van der Waals surface area (Å²) >= 11 is 0. The van der Waals surface area contributed by atoms with Crippen LogP contribution in [0.1, 0.15) is 12.0 Å². The minimum atomic E-state index is -0.767. The second kappa shape index (κ2) is 8.03. The van der Waals surface area contributed by atoms with Crippen molar-refractivity contribution in [1.82, 2.24) is 15.5 Å². The number of carbonyl (C=O) groups excluding carboxylic acids is 1. The Morgan fingerprint density at radius 3 is 2.76 bits per heavy atom. The fourth-order valence-electron chi connectivity index (χ4n) is 3.80. The van der Waals surface area contributed by atoms with Gasteiger partial charge in [-0.3, -0.25) is 9.89 Å². The van der Waals surface area contributed by atoms with Crippen molar-refractivity contribution in [2.45, 2.75) is 18.1 Å². The molecule has 2 atom stereocenters. The third-order valence-corrected chi connectivity index (χ3v) is 5.42. The maximum absolute atomic E-state index is 13.1. The molecule has 6 nitrogen and oxygen atoms in total. The smallest absolute Gasteiger partial charge is 0.244 e. The molecule has 0 saturated carbocycles. The topological polar surface area (TPSA) is 79.0 Å². The lowest BCUT2D eigenvalue weighted by Gasteiger charge is -2.37. The number of anilines is 1. The van der Waals surface area contributed by atoms with E-state index in [0.717, 1.165) is 27.7 Å². The van der Waals surface area contributed by atoms with Gasteiger partial charge in [-0.15, -0.1) is 0 Å². The first-order valence-electron chi connectivity index (χ1n) is 9.56. The SMILES string of the molecule is CNC(C(=O)Nc1ccc2[nH]ncc2c1)C1(OC)C=CC(c2ccccc2)=CC1. The zero-order valence-corrected chi connectivity index (χ0v) is 16.5. The van der Waals surface area contributed by atoms with Gasteiger partial charge in [0.15, 0.2) is 0 Å². The minimum Gasteiger partial charge on any atom is -0.372 e. The molecule has 2 unspecified atom stereocenters. The summed E-state index contributed by atoms with van der Waals surface area (Å²) in [7, 11) is 3.41. The number of fused-ring (bicyclic) bond motifs is 1. The van der Waals surface area contributed by atoms with Crippen LogP contribution in [0.25, 0.3) is 16.5 Å². The lowest BCUT2D eigenvalue weighted by molar-refractivity contribution is -0.124. The fraction of sp³-hybridized carbons (Fsp3) is 0.217. The fourth-order valence-corrected chi connectivity index (χ4v) is 3.80. The molecular formula is C23H24N4O2. The van der Waals surface area contributed by atoms with Gasteiger partial charge in [0, 0.05) is 24.6 Å². The number of hydrogen-bond acceptors (Lipinski definition) is 4. The van der Waals surface area contributed by atoms with Crippen LogP contribution < -0.4 is 10.6 Å². The number of nitrogens with one attached hydrogen (secondary N) is 3. The van der Waals surface area contributed by atoms with E-state index in [4.69, 9.17) is 4.74 Å². The quantitative estimate of drug-likeness (QED) is 0.604. The molecule has 0 aliphatic heterocycles. The van der Waals surface area contributed by atoms with Crippen LogP contribution in [0.15, 0.2) is 73.0 Å². The highest BCUT2D eigenvalue weighted by atomic mass is 16.5. The second-order valence-electron chi connectivity index (χ2n) is 7.10. The molecule has 1 aromatic heterocycles. The Morgan fingerprint density at radius 2 is 2.07 bits per heavy atom. The van der Waals surface area contributed by atoms with E-state index in [-0.39, 0.29) is 5.91 Å². The van der Waals surface area contributed by atoms with Gasteiger partial charge in [-0.2, -0.15) is 5.10 Å². The van der Waals surface area contributed by atoms with Crippen molar-refractivity contribution in [3.05, 3.63) is 78.5 Å². The number of ether oxygens (including phenoxy) is 1. The van der Waals surface area contributed by atoms with Crippen LogP contribution in [0.3, 0.4) is 0 Å². The summed E-state index contributed by atoms with van der Waals surface area (Å²) < 4.78 is 5.86. The first-order chi connectivity index (χ1) is 14.1. The van der Waals surface area contributed by atoms with E-state index < -0.39 is 11.6 Å². The van der Waals surface area contributed by atoms with E-state index in [1.54, 1.807) is 20.4 Å². The second-order valence-corrected chi connectivity index (χ2v) is 7.10. The summed E-state index contributed by atoms with van der Waals surface area (Å²) in [6.45, 7) is 0. The van der Waals surface area contributed by atoms with Crippen LogP contribution in [0, 0.1) is 0 Å². The van der Waals surface area contributed by atoms with E-state index in [1.165, 1.54) is 0 Å². The lowest BCUT2D eigenvalue weighted by Crippen LogP contribution is -2.56. The largest absolute Gasteiger partial charge is 0.372 e. The van der Waals surface area contributed by atoms with Crippen LogP contribution in [0.4, 0.5) is 5.69 Å². The minimum absolute atomic E-state index is 0.154. The van der Waals surface area contributed by atoms with Gasteiger partial charge in [0.05, 0.1) is 11.7 Å². The zero-order valence-electron chi connectivity index (χ0n) is 16.5. The summed E-state index contributed by atoms with van der Waals surface area (Å²) in [5.41, 5.74) is 3.15. The van der Waals surface area contributed by atoms with Crippen LogP contribution in [0.2, 0.25) is 0 Å². The highest BCUT2D eigenvalue weighted by Crippen LogP contribution is 2.32. The number of aromatic amines is 1. The molecule has 148 valence electrons. The molecule has 6 heteroatoms. The number of methoxy groups -OCH3 is 1. The molecule has 0 saturated heterocycles. The number of carbonyl (C=O) groups is 1. The molecule has 0 fully saturated rings. The van der Waals surface area contributed by atoms with Crippen molar-refractivity contribution in [2.24, 2.45) is 0 Å². The Hall–Kier alpha value is -3.22. The van der Waals surface area contributed by atoms with Gasteiger partial charge in [0.1, 0.15) is 11.6 Å². The number of benzene rings is 2. The van der Waals surface area contributed by atoms with Crippen molar-refractivity contribution in [1.29, 1.82) is 0 Å². The van der Waals surface area contributed by atoms with Crippen molar-refractivity contribution >= 4 is 28.1 Å². The molecule has 3 N–H and O–H groups in total. The number of hydrogen-bond donors (Lipinski definition) is 3. The number of amides is 1. The van der Waals surface area contributed by atoms with Gasteiger partial charge in [0.2, 0.25) is 5.91 Å². The summed E-state index contributed by atoms with van der Waals surface area (Å²) in [5.74, 6) is -0.154. The number of rotatable bonds is 6. The predicted molar refractivity (Wildman–Crippen MR) is 115 cm³/mol. The lowest BCUT2D eigenvalue weighted by atomic mass is 9.83. The van der Waals surface area contributed by atoms with Crippen molar-refractivity contribution in [3.63, 3.8) is 0 Å². The predicted octanol–water partition coefficient (Wildman–Crippen LogP) is 3.52. The van der Waals surface area contributed by atoms with Crippen LogP contribution in [-0.2, 0) is 9.53 Å². The van der Waals surface area contributed by atoms with Gasteiger partial charge < -0.3 is 15.4 Å². The van der Waals surface area contributed by atoms with Crippen LogP contribution in [0.5, 0.6) is 0 Å². The van der Waals surface area contributed by atoms with Crippen molar-refractivity contribution < 1.29 is 9.53 Å². The summed E-state index contributed by atoms with van der Waals surface area (Å²) in [4.78, 5) is 13.1. The number of likely N-dealkylation sites (N-methyl/N-ethyl adjacent to an activating group) is 1. The normalized spacial score (nSPS) is 19.7. The Labute approximate surface area is 169 Å². The Kier molecular flexibility index (Phi) is 5.29. The maximum atomic E-state index is 13.1. The Morgan fingerprint density at radius 1 is 1.24 bits per heavy atom. The van der Waals surface area contributed by atoms with E-state index >= 15 is 0 Å². The highest BCUT2D eigenvalue weighted by molar-refractivity contribution is 5.98. The average Bonchev–Trinajstić information content (AvgIpc) is 3.23. The van der Waals surface area contributed by atoms with Gasteiger partial charge >= 0.3 is 0 Å². The molecule has 1 amide bonds. The summed E-state index contributed by atoms with van der Waals surface area (Å²) in [6, 6.07) is 15.3. The zero-order chi connectivity index (χ0) is 20.3. The summed E-state index contributed by atoms with van der Waals surface area (Å²) in [5, 5.41) is 14.0. The van der Waals surface area contributed by atoms with E-state index in [9.17, 15) is 4.79 Å². The molecule has 0 radical (unpaired) electrons. The van der Waals surface area contributed by atoms with Gasteiger partial charge in [-0.25, -0.2) is 0 Å². The van der Waals surface area contributed by atoms with E-state index in [0.29, 0.717) is 6.42 Å². The van der Waals surface area contributed by atoms with Crippen molar-refractivity contribution in [3.8, 4) is 0 Å². The maximum Gasteiger partial charge on any atom is 0.244 e. The number of H-pyrrole nitrogens is 1. The standard InChI is InChI=1S/C23H24N4O2/c1-24-21(22(28)26-19-8-9-20-18(14-19)15-25-27-20)23(29-2)12-10-17(11-13-23)16-6-4-3-5-7-16/h3-12,14-15,21,24H,13H2,1-2H3,(H,25,27)(H,26,28). The molecule has 0 spiro atoms. The van der Waals surface area contributed by atoms with Crippen LogP contribution >= 0.6 is 0 Å². The Bertz CT molecular complexity index is 1070. The molecule has 2 aromatic carbocycles. The molecule has 1 aliphatic rings. The summed E-state index contributed by atoms with van der Waals surface area (Å²) in [6.07, 6.45) is 8.45. The third-order valence-electron chi connectivity index (χ3n) is 5.42. The number of allylic oxidation sites excluding steroid dienone is 2. The van der Waals surface area contributed by atoms with Gasteiger partial charge in [0.25, 0.3) is 0 Å². The molecular weight excluding hydrogens is 364 g/mol. The average molecular weight is 388 g/mol. The number of nitrogens with zero attached hydrogens (tertiary/aromatic N) is 1. The number of aromatic nitrogens is 2. The molecule has 4 rings (SSSR count). The molecule has 3 aromatic rings. The Balaban J connectivity index is 1.54. The van der Waals surface area contributed by atoms with Crippen LogP contribution in [-0.4, -0.2) is 41.9 Å². The first-order valence-corrected chi connectivity index (χ1v) is 9.56. The first kappa shape index (κ1) is 19.1. The molecule has 1 aliphatic carbocycles. The van der Waals surface area contributed by atoms with E-state index in [1.807, 2.05) is 48.6 Å². The van der Waals surface area contributed by atoms with E-state index in [2.05, 4.69) is 39.0 Å². The van der Waals surface area contributed by atoms with Crippen molar-refractivity contribution in [2.75, 3.05) is 19.5 Å². The molecule has 29 heavy (non-hydrogen) atoms. The highest BCUT2D eigenvalue weighted by Gasteiger charge is 2.41. The molecule has 0 bridgehead atoms. The van der Waals surface area contributed by atoms with Gasteiger partial charge in [-0.1, -0.05) is 42.5 Å².